The van der Waals surface area contributed by atoms with Gasteiger partial charge in [0, 0.05) is 31.5 Å². The van der Waals surface area contributed by atoms with Gasteiger partial charge < -0.3 is 9.64 Å². The van der Waals surface area contributed by atoms with Gasteiger partial charge in [0.25, 0.3) is 0 Å². The monoisotopic (exact) mass is 353 g/mol. The van der Waals surface area contributed by atoms with E-state index in [0.29, 0.717) is 18.7 Å². The number of aryl methyl sites for hydroxylation is 1. The standard InChI is InChI=1S/C22H27NO3/c1-4-17-6-10-19(11-7-17)21(24)14-15-22(25)23(5-2)16-18-8-12-20(26-3)13-9-18/h6-13H,4-5,14-16H2,1-3H3. The topological polar surface area (TPSA) is 46.6 Å². The Kier molecular flexibility index (Phi) is 7.39. The van der Waals surface area contributed by atoms with E-state index in [-0.39, 0.29) is 24.5 Å². The van der Waals surface area contributed by atoms with Crippen LogP contribution in [0.2, 0.25) is 0 Å². The number of carbonyl (C=O) groups excluding carboxylic acids is 2. The zero-order chi connectivity index (χ0) is 18.9. The van der Waals surface area contributed by atoms with Crippen molar-refractivity contribution in [3.8, 4) is 5.75 Å². The van der Waals surface area contributed by atoms with E-state index in [4.69, 9.17) is 4.74 Å². The van der Waals surface area contributed by atoms with Crippen LogP contribution in [0.1, 0.15) is 48.2 Å². The predicted octanol–water partition coefficient (Wildman–Crippen LogP) is 4.27. The molecule has 0 aliphatic rings. The van der Waals surface area contributed by atoms with Gasteiger partial charge in [-0.1, -0.05) is 43.3 Å². The van der Waals surface area contributed by atoms with Gasteiger partial charge >= 0.3 is 0 Å². The van der Waals surface area contributed by atoms with Gasteiger partial charge in [0.05, 0.1) is 7.11 Å². The average Bonchev–Trinajstić information content (AvgIpc) is 2.70. The van der Waals surface area contributed by atoms with Crippen molar-refractivity contribution in [3.63, 3.8) is 0 Å². The number of nitrogens with zero attached hydrogens (tertiary/aromatic N) is 1. The molecular formula is C22H27NO3. The van der Waals surface area contributed by atoms with Crippen LogP contribution < -0.4 is 4.74 Å². The summed E-state index contributed by atoms with van der Waals surface area (Å²) in [5, 5.41) is 0. The molecule has 0 aromatic heterocycles. The van der Waals surface area contributed by atoms with Crippen LogP contribution in [0.4, 0.5) is 0 Å². The molecule has 0 atom stereocenters. The molecule has 0 aliphatic carbocycles. The van der Waals surface area contributed by atoms with Gasteiger partial charge in [0.1, 0.15) is 5.75 Å². The molecule has 0 N–H and O–H groups in total. The lowest BCUT2D eigenvalue weighted by Gasteiger charge is -2.21. The van der Waals surface area contributed by atoms with Gasteiger partial charge in [-0.3, -0.25) is 9.59 Å². The maximum absolute atomic E-state index is 12.5. The Bertz CT molecular complexity index is 720. The molecular weight excluding hydrogens is 326 g/mol. The summed E-state index contributed by atoms with van der Waals surface area (Å²) in [6.45, 7) is 5.19. The highest BCUT2D eigenvalue weighted by Crippen LogP contribution is 2.14. The van der Waals surface area contributed by atoms with Gasteiger partial charge in [-0.05, 0) is 36.6 Å². The molecule has 2 aromatic rings. The second-order valence-electron chi connectivity index (χ2n) is 6.23. The molecule has 0 radical (unpaired) electrons. The number of benzene rings is 2. The number of Topliss-reactive ketones (excluding diaryl/α,β-unsaturated/α-hetero) is 1. The first-order valence-electron chi connectivity index (χ1n) is 9.10. The Morgan fingerprint density at radius 2 is 1.50 bits per heavy atom. The van der Waals surface area contributed by atoms with Gasteiger partial charge in [-0.15, -0.1) is 0 Å². The molecule has 4 nitrogen and oxygen atoms in total. The Balaban J connectivity index is 1.89. The third-order valence-electron chi connectivity index (χ3n) is 4.52. The lowest BCUT2D eigenvalue weighted by Crippen LogP contribution is -2.30. The number of ketones is 1. The Labute approximate surface area is 155 Å². The molecule has 0 heterocycles. The van der Waals surface area contributed by atoms with Crippen LogP contribution in [-0.4, -0.2) is 30.2 Å². The van der Waals surface area contributed by atoms with Crippen LogP contribution in [-0.2, 0) is 17.8 Å². The van der Waals surface area contributed by atoms with Crippen molar-refractivity contribution >= 4 is 11.7 Å². The first-order chi connectivity index (χ1) is 12.6. The Morgan fingerprint density at radius 3 is 2.04 bits per heavy atom. The molecule has 2 aromatic carbocycles. The van der Waals surface area contributed by atoms with Gasteiger partial charge in [-0.25, -0.2) is 0 Å². The summed E-state index contributed by atoms with van der Waals surface area (Å²) in [7, 11) is 1.63. The fourth-order valence-electron chi connectivity index (χ4n) is 2.78. The Hall–Kier alpha value is -2.62. The number of ether oxygens (including phenoxy) is 1. The molecule has 0 spiro atoms. The minimum Gasteiger partial charge on any atom is -0.497 e. The first-order valence-corrected chi connectivity index (χ1v) is 9.10. The molecule has 138 valence electrons. The number of carbonyl (C=O) groups is 2. The first kappa shape index (κ1) is 19.7. The van der Waals surface area contributed by atoms with Gasteiger partial charge in [0.2, 0.25) is 5.91 Å². The smallest absolute Gasteiger partial charge is 0.223 e. The fraction of sp³-hybridized carbons (Fsp3) is 0.364. The second kappa shape index (κ2) is 9.76. The van der Waals surface area contributed by atoms with E-state index < -0.39 is 0 Å². The zero-order valence-corrected chi connectivity index (χ0v) is 15.8. The molecule has 0 saturated carbocycles. The van der Waals surface area contributed by atoms with Crippen molar-refractivity contribution in [3.05, 3.63) is 65.2 Å². The van der Waals surface area contributed by atoms with Crippen LogP contribution in [0.3, 0.4) is 0 Å². The molecule has 0 saturated heterocycles. The summed E-state index contributed by atoms with van der Waals surface area (Å²) in [6.07, 6.45) is 1.42. The number of rotatable bonds is 9. The molecule has 1 amide bonds. The van der Waals surface area contributed by atoms with E-state index in [1.54, 1.807) is 12.0 Å². The summed E-state index contributed by atoms with van der Waals surface area (Å²) in [5.41, 5.74) is 2.92. The molecule has 0 unspecified atom stereocenters. The van der Waals surface area contributed by atoms with Crippen LogP contribution >= 0.6 is 0 Å². The second-order valence-corrected chi connectivity index (χ2v) is 6.23. The lowest BCUT2D eigenvalue weighted by atomic mass is 10.0. The minimum absolute atomic E-state index is 0.00171. The molecule has 0 aliphatic heterocycles. The van der Waals surface area contributed by atoms with Crippen LogP contribution in [0.5, 0.6) is 5.75 Å². The van der Waals surface area contributed by atoms with Crippen molar-refractivity contribution in [2.75, 3.05) is 13.7 Å². The number of amides is 1. The molecule has 4 heteroatoms. The summed E-state index contributed by atoms with van der Waals surface area (Å²) in [6, 6.07) is 15.3. The number of hydrogen-bond acceptors (Lipinski definition) is 3. The summed E-state index contributed by atoms with van der Waals surface area (Å²) in [4.78, 5) is 26.6. The van der Waals surface area contributed by atoms with E-state index in [2.05, 4.69) is 6.92 Å². The molecule has 26 heavy (non-hydrogen) atoms. The number of methoxy groups -OCH3 is 1. The van der Waals surface area contributed by atoms with Crippen molar-refractivity contribution in [1.82, 2.24) is 4.90 Å². The van der Waals surface area contributed by atoms with Crippen LogP contribution in [0.15, 0.2) is 48.5 Å². The van der Waals surface area contributed by atoms with E-state index in [1.807, 2.05) is 55.5 Å². The van der Waals surface area contributed by atoms with Crippen molar-refractivity contribution in [2.45, 2.75) is 39.7 Å². The van der Waals surface area contributed by atoms with Gasteiger partial charge in [-0.2, -0.15) is 0 Å². The molecule has 0 fully saturated rings. The highest BCUT2D eigenvalue weighted by Gasteiger charge is 2.15. The largest absolute Gasteiger partial charge is 0.497 e. The SMILES string of the molecule is CCc1ccc(C(=O)CCC(=O)N(CC)Cc2ccc(OC)cc2)cc1. The van der Waals surface area contributed by atoms with Gasteiger partial charge in [0.15, 0.2) is 5.78 Å². The van der Waals surface area contributed by atoms with E-state index in [1.165, 1.54) is 5.56 Å². The zero-order valence-electron chi connectivity index (χ0n) is 15.8. The van der Waals surface area contributed by atoms with Crippen molar-refractivity contribution in [1.29, 1.82) is 0 Å². The molecule has 0 bridgehead atoms. The van der Waals surface area contributed by atoms with Crippen molar-refractivity contribution in [2.24, 2.45) is 0 Å². The summed E-state index contributed by atoms with van der Waals surface area (Å²) < 4.78 is 5.15. The highest BCUT2D eigenvalue weighted by atomic mass is 16.5. The third-order valence-corrected chi connectivity index (χ3v) is 4.52. The normalized spacial score (nSPS) is 10.4. The van der Waals surface area contributed by atoms with E-state index >= 15 is 0 Å². The summed E-state index contributed by atoms with van der Waals surface area (Å²) >= 11 is 0. The summed E-state index contributed by atoms with van der Waals surface area (Å²) in [5.74, 6) is 0.811. The minimum atomic E-state index is 0.00171. The van der Waals surface area contributed by atoms with Crippen molar-refractivity contribution < 1.29 is 14.3 Å². The van der Waals surface area contributed by atoms with Crippen LogP contribution in [0, 0.1) is 0 Å². The molecule has 2 rings (SSSR count). The lowest BCUT2D eigenvalue weighted by molar-refractivity contribution is -0.131. The average molecular weight is 353 g/mol. The maximum atomic E-state index is 12.5. The van der Waals surface area contributed by atoms with Crippen LogP contribution in [0.25, 0.3) is 0 Å². The predicted molar refractivity (Wildman–Crippen MR) is 103 cm³/mol. The maximum Gasteiger partial charge on any atom is 0.223 e. The number of hydrogen-bond donors (Lipinski definition) is 0. The van der Waals surface area contributed by atoms with E-state index in [9.17, 15) is 9.59 Å². The fourth-order valence-corrected chi connectivity index (χ4v) is 2.78. The highest BCUT2D eigenvalue weighted by molar-refractivity contribution is 5.97. The Morgan fingerprint density at radius 1 is 0.885 bits per heavy atom. The third kappa shape index (κ3) is 5.45. The van der Waals surface area contributed by atoms with E-state index in [0.717, 1.165) is 17.7 Å². The quantitative estimate of drug-likeness (QED) is 0.633.